The molecule has 10 heteroatoms. The molecular weight excluding hydrogens is 405 g/mol. The highest BCUT2D eigenvalue weighted by Gasteiger charge is 2.50. The largest absolute Gasteiger partial charge is 0.511 e. The smallest absolute Gasteiger partial charge is 0.356 e. The fraction of sp³-hybridized carbons (Fsp3) is 0.632. The van der Waals surface area contributed by atoms with Gasteiger partial charge in [0.05, 0.1) is 0 Å². The number of rotatable bonds is 6. The van der Waals surface area contributed by atoms with E-state index in [1.54, 1.807) is 7.05 Å². The van der Waals surface area contributed by atoms with E-state index in [0.717, 1.165) is 0 Å². The molecule has 0 aromatic heterocycles. The summed E-state index contributed by atoms with van der Waals surface area (Å²) in [6, 6.07) is 8.34. The monoisotopic (exact) mass is 434 g/mol. The van der Waals surface area contributed by atoms with Crippen LogP contribution in [0.3, 0.4) is 0 Å². The summed E-state index contributed by atoms with van der Waals surface area (Å²) in [6.45, 7) is 5.13. The lowest BCUT2D eigenvalue weighted by Gasteiger charge is -2.31. The summed E-state index contributed by atoms with van der Waals surface area (Å²) in [7, 11) is -3.57. The lowest BCUT2D eigenvalue weighted by atomic mass is 9.98. The van der Waals surface area contributed by atoms with Crippen LogP contribution in [0.5, 0.6) is 0 Å². The maximum absolute atomic E-state index is 12.6. The van der Waals surface area contributed by atoms with Crippen molar-refractivity contribution in [3.63, 3.8) is 0 Å². The second kappa shape index (κ2) is 9.80. The Morgan fingerprint density at radius 2 is 1.79 bits per heavy atom. The minimum absolute atomic E-state index is 0.0859. The lowest BCUT2D eigenvalue weighted by molar-refractivity contribution is -0.0496. The van der Waals surface area contributed by atoms with Gasteiger partial charge in [-0.1, -0.05) is 36.8 Å². The molecule has 1 aliphatic rings. The third kappa shape index (κ3) is 6.33. The summed E-state index contributed by atoms with van der Waals surface area (Å²) in [5, 5.41) is 6.45. The second-order valence-electron chi connectivity index (χ2n) is 7.44. The fourth-order valence-electron chi connectivity index (χ4n) is 3.22. The Kier molecular flexibility index (Phi) is 7.93. The molecule has 1 aliphatic heterocycles. The van der Waals surface area contributed by atoms with Gasteiger partial charge in [0, 0.05) is 33.2 Å². The average Bonchev–Trinajstić information content (AvgIpc) is 2.68. The highest BCUT2D eigenvalue weighted by Crippen LogP contribution is 2.30. The number of guanidine groups is 1. The van der Waals surface area contributed by atoms with Crippen LogP contribution >= 0.6 is 0 Å². The summed E-state index contributed by atoms with van der Waals surface area (Å²) >= 11 is 0. The number of hydrogen-bond donors (Lipinski definition) is 2. The maximum atomic E-state index is 12.6. The van der Waals surface area contributed by atoms with Gasteiger partial charge in [-0.2, -0.15) is 17.5 Å². The fourth-order valence-corrected chi connectivity index (χ4v) is 4.21. The number of nitrogens with one attached hydrogen (secondary N) is 2. The molecule has 0 saturated carbocycles. The first-order valence-electron chi connectivity index (χ1n) is 9.62. The van der Waals surface area contributed by atoms with Crippen molar-refractivity contribution in [3.8, 4) is 0 Å². The lowest BCUT2D eigenvalue weighted by Crippen LogP contribution is -2.47. The van der Waals surface area contributed by atoms with Crippen LogP contribution in [-0.2, 0) is 10.0 Å². The first-order chi connectivity index (χ1) is 13.5. The second-order valence-corrected chi connectivity index (χ2v) is 9.37. The third-order valence-corrected chi connectivity index (χ3v) is 6.84. The van der Waals surface area contributed by atoms with Crippen molar-refractivity contribution in [1.29, 1.82) is 0 Å². The van der Waals surface area contributed by atoms with Gasteiger partial charge in [-0.15, -0.1) is 0 Å². The molecule has 1 heterocycles. The number of alkyl halides is 3. The predicted molar refractivity (Wildman–Crippen MR) is 108 cm³/mol. The van der Waals surface area contributed by atoms with Gasteiger partial charge in [-0.05, 0) is 37.2 Å². The van der Waals surface area contributed by atoms with Gasteiger partial charge < -0.3 is 10.6 Å². The number of sulfonamides is 1. The van der Waals surface area contributed by atoms with Gasteiger partial charge in [0.2, 0.25) is 0 Å². The van der Waals surface area contributed by atoms with E-state index in [-0.39, 0.29) is 24.9 Å². The molecule has 1 fully saturated rings. The Bertz CT molecular complexity index is 787. The van der Waals surface area contributed by atoms with Crippen molar-refractivity contribution < 1.29 is 21.6 Å². The van der Waals surface area contributed by atoms with Crippen molar-refractivity contribution in [2.24, 2.45) is 10.9 Å². The van der Waals surface area contributed by atoms with Crippen molar-refractivity contribution in [2.75, 3.05) is 33.2 Å². The van der Waals surface area contributed by atoms with Crippen LogP contribution in [0.2, 0.25) is 0 Å². The van der Waals surface area contributed by atoms with Crippen LogP contribution < -0.4 is 10.6 Å². The minimum Gasteiger partial charge on any atom is -0.356 e. The van der Waals surface area contributed by atoms with Gasteiger partial charge >= 0.3 is 15.5 Å². The molecule has 2 rings (SSSR count). The number of piperidine rings is 1. The van der Waals surface area contributed by atoms with Gasteiger partial charge in [-0.3, -0.25) is 4.99 Å². The Hall–Kier alpha value is -1.81. The predicted octanol–water partition coefficient (Wildman–Crippen LogP) is 2.83. The third-order valence-electron chi connectivity index (χ3n) is 5.21. The molecule has 164 valence electrons. The van der Waals surface area contributed by atoms with E-state index >= 15 is 0 Å². The van der Waals surface area contributed by atoms with Crippen LogP contribution in [0.1, 0.15) is 36.8 Å². The van der Waals surface area contributed by atoms with E-state index in [1.165, 1.54) is 11.1 Å². The summed E-state index contributed by atoms with van der Waals surface area (Å²) in [5.41, 5.74) is -2.81. The van der Waals surface area contributed by atoms with Crippen LogP contribution in [0, 0.1) is 12.8 Å². The number of hydrogen-bond acceptors (Lipinski definition) is 3. The molecule has 0 bridgehead atoms. The van der Waals surface area contributed by atoms with Crippen molar-refractivity contribution in [2.45, 2.75) is 38.1 Å². The number of aryl methyl sites for hydroxylation is 1. The number of aliphatic imine (C=N–C) groups is 1. The zero-order valence-corrected chi connectivity index (χ0v) is 17.8. The Morgan fingerprint density at radius 1 is 1.21 bits per heavy atom. The maximum Gasteiger partial charge on any atom is 0.511 e. The normalized spacial score (nSPS) is 18.5. The van der Waals surface area contributed by atoms with Gasteiger partial charge in [0.15, 0.2) is 5.96 Å². The molecule has 1 atom stereocenters. The molecule has 1 unspecified atom stereocenters. The molecule has 1 aromatic rings. The summed E-state index contributed by atoms with van der Waals surface area (Å²) < 4.78 is 61.4. The Labute approximate surface area is 170 Å². The average molecular weight is 435 g/mol. The van der Waals surface area contributed by atoms with E-state index in [1.807, 2.05) is 6.92 Å². The Balaban J connectivity index is 1.77. The molecular formula is C19H29F3N4O2S. The molecule has 29 heavy (non-hydrogen) atoms. The minimum atomic E-state index is -5.24. The zero-order chi connectivity index (χ0) is 21.7. The van der Waals surface area contributed by atoms with E-state index in [0.29, 0.717) is 36.2 Å². The van der Waals surface area contributed by atoms with Crippen molar-refractivity contribution in [3.05, 3.63) is 35.4 Å². The first-order valence-corrected chi connectivity index (χ1v) is 11.1. The standard InChI is InChI=1S/C19H29F3N4O2S/c1-14-4-6-17(7-5-14)15(2)12-24-18(23-3)25-13-16-8-10-26(11-9-16)29(27,28)19(20,21)22/h4-7,15-16H,8-13H2,1-3H3,(H2,23,24,25). The Morgan fingerprint density at radius 3 is 2.31 bits per heavy atom. The molecule has 0 radical (unpaired) electrons. The topological polar surface area (TPSA) is 73.8 Å². The van der Waals surface area contributed by atoms with Gasteiger partial charge in [0.25, 0.3) is 0 Å². The van der Waals surface area contributed by atoms with E-state index < -0.39 is 15.5 Å². The molecule has 2 N–H and O–H groups in total. The molecule has 1 saturated heterocycles. The molecule has 1 aromatic carbocycles. The SMILES string of the molecule is CN=C(NCC1CCN(S(=O)(=O)C(F)(F)F)CC1)NCC(C)c1ccc(C)cc1. The van der Waals surface area contributed by atoms with Crippen LogP contribution in [0.15, 0.2) is 29.3 Å². The zero-order valence-electron chi connectivity index (χ0n) is 17.0. The van der Waals surface area contributed by atoms with Crippen LogP contribution in [-0.4, -0.2) is 57.4 Å². The molecule has 6 nitrogen and oxygen atoms in total. The van der Waals surface area contributed by atoms with Crippen LogP contribution in [0.25, 0.3) is 0 Å². The molecule has 0 amide bonds. The first kappa shape index (κ1) is 23.5. The van der Waals surface area contributed by atoms with E-state index in [9.17, 15) is 21.6 Å². The quantitative estimate of drug-likeness (QED) is 0.533. The highest BCUT2D eigenvalue weighted by molar-refractivity contribution is 7.90. The summed E-state index contributed by atoms with van der Waals surface area (Å²) in [5.74, 6) is 0.988. The molecule has 0 spiro atoms. The molecule has 0 aliphatic carbocycles. The summed E-state index contributed by atoms with van der Waals surface area (Å²) in [6.07, 6.45) is 0.748. The van der Waals surface area contributed by atoms with E-state index in [4.69, 9.17) is 0 Å². The van der Waals surface area contributed by atoms with Gasteiger partial charge in [-0.25, -0.2) is 8.42 Å². The van der Waals surface area contributed by atoms with Crippen LogP contribution in [0.4, 0.5) is 13.2 Å². The summed E-state index contributed by atoms with van der Waals surface area (Å²) in [4.78, 5) is 4.18. The van der Waals surface area contributed by atoms with E-state index in [2.05, 4.69) is 46.8 Å². The highest BCUT2D eigenvalue weighted by atomic mass is 32.2. The van der Waals surface area contributed by atoms with Crippen molar-refractivity contribution >= 4 is 16.0 Å². The number of benzene rings is 1. The van der Waals surface area contributed by atoms with Crippen molar-refractivity contribution in [1.82, 2.24) is 14.9 Å². The van der Waals surface area contributed by atoms with Gasteiger partial charge in [0.1, 0.15) is 0 Å². The number of nitrogens with zero attached hydrogens (tertiary/aromatic N) is 2. The number of halogens is 3.